The first-order chi connectivity index (χ1) is 13.2. The molecule has 144 valence electrons. The van der Waals surface area contributed by atoms with Gasteiger partial charge in [-0.05, 0) is 31.4 Å². The van der Waals surface area contributed by atoms with Gasteiger partial charge in [-0.25, -0.2) is 0 Å². The van der Waals surface area contributed by atoms with Crippen LogP contribution in [-0.2, 0) is 12.3 Å². The van der Waals surface area contributed by atoms with E-state index in [1.54, 1.807) is 18.0 Å². The van der Waals surface area contributed by atoms with Crippen molar-refractivity contribution in [3.05, 3.63) is 35.9 Å². The Morgan fingerprint density at radius 2 is 2.04 bits per heavy atom. The van der Waals surface area contributed by atoms with Gasteiger partial charge < -0.3 is 13.8 Å². The summed E-state index contributed by atoms with van der Waals surface area (Å²) in [6.45, 7) is 6.74. The monoisotopic (exact) mass is 388 g/mol. The highest BCUT2D eigenvalue weighted by Crippen LogP contribution is 2.27. The van der Waals surface area contributed by atoms with Crippen LogP contribution >= 0.6 is 11.8 Å². The minimum Gasteiger partial charge on any atom is -0.467 e. The molecule has 3 aromatic rings. The fourth-order valence-corrected chi connectivity index (χ4v) is 3.87. The van der Waals surface area contributed by atoms with Crippen LogP contribution in [0.25, 0.3) is 0 Å². The number of hydrogen-bond donors (Lipinski definition) is 0. The number of anilines is 1. The lowest BCUT2D eigenvalue weighted by atomic mass is 10.1. The van der Waals surface area contributed by atoms with E-state index in [2.05, 4.69) is 29.8 Å². The molecule has 0 radical (unpaired) electrons. The Balaban J connectivity index is 1.54. The normalized spacial score (nSPS) is 15.0. The van der Waals surface area contributed by atoms with Gasteiger partial charge in [0.25, 0.3) is 0 Å². The van der Waals surface area contributed by atoms with Crippen LogP contribution in [0.2, 0.25) is 0 Å². The van der Waals surface area contributed by atoms with Gasteiger partial charge in [-0.2, -0.15) is 4.98 Å². The van der Waals surface area contributed by atoms with Gasteiger partial charge in [-0.3, -0.25) is 4.57 Å². The number of rotatable bonds is 7. The summed E-state index contributed by atoms with van der Waals surface area (Å²) in [7, 11) is 0. The molecule has 0 atom stereocenters. The standard InChI is InChI=1S/C18H24N6O2S/c1-13(2)16-19-15(26-22-16)12-27-18-21-20-17(23-8-4-3-5-9-23)24(18)11-14-7-6-10-25-14/h6-7,10,13H,3-5,8-9,11-12H2,1-2H3. The number of nitrogens with zero attached hydrogens (tertiary/aromatic N) is 6. The fraction of sp³-hybridized carbons (Fsp3) is 0.556. The molecule has 0 aliphatic carbocycles. The Morgan fingerprint density at radius 1 is 1.19 bits per heavy atom. The van der Waals surface area contributed by atoms with Crippen molar-refractivity contribution in [2.75, 3.05) is 18.0 Å². The SMILES string of the molecule is CC(C)c1noc(CSc2nnc(N3CCCCC3)n2Cc2ccco2)n1. The quantitative estimate of drug-likeness (QED) is 0.566. The van der Waals surface area contributed by atoms with Crippen LogP contribution in [0.5, 0.6) is 0 Å². The van der Waals surface area contributed by atoms with Gasteiger partial charge in [0.1, 0.15) is 5.76 Å². The molecule has 0 amide bonds. The molecule has 27 heavy (non-hydrogen) atoms. The third-order valence-corrected chi connectivity index (χ3v) is 5.51. The second-order valence-corrected chi connectivity index (χ2v) is 7.93. The lowest BCUT2D eigenvalue weighted by Gasteiger charge is -2.27. The van der Waals surface area contributed by atoms with E-state index in [1.807, 2.05) is 26.0 Å². The predicted molar refractivity (Wildman–Crippen MR) is 102 cm³/mol. The Labute approximate surface area is 162 Å². The maximum Gasteiger partial charge on any atom is 0.237 e. The average molecular weight is 388 g/mol. The minimum atomic E-state index is 0.251. The first kappa shape index (κ1) is 18.1. The zero-order valence-corrected chi connectivity index (χ0v) is 16.5. The molecule has 3 aromatic heterocycles. The topological polar surface area (TPSA) is 86.0 Å². The zero-order chi connectivity index (χ0) is 18.6. The van der Waals surface area contributed by atoms with Crippen molar-refractivity contribution in [3.63, 3.8) is 0 Å². The summed E-state index contributed by atoms with van der Waals surface area (Å²) in [5, 5.41) is 13.8. The number of thioether (sulfide) groups is 1. The summed E-state index contributed by atoms with van der Waals surface area (Å²) in [5.74, 6) is 3.95. The third kappa shape index (κ3) is 4.18. The number of aromatic nitrogens is 5. The van der Waals surface area contributed by atoms with Crippen molar-refractivity contribution in [1.29, 1.82) is 0 Å². The highest BCUT2D eigenvalue weighted by Gasteiger charge is 2.22. The van der Waals surface area contributed by atoms with E-state index in [-0.39, 0.29) is 5.92 Å². The van der Waals surface area contributed by atoms with Crippen LogP contribution in [0.3, 0.4) is 0 Å². The molecule has 1 fully saturated rings. The Hall–Kier alpha value is -2.29. The summed E-state index contributed by atoms with van der Waals surface area (Å²) in [4.78, 5) is 6.75. The molecule has 8 nitrogen and oxygen atoms in total. The molecule has 4 rings (SSSR count). The molecule has 0 aromatic carbocycles. The summed E-state index contributed by atoms with van der Waals surface area (Å²) < 4.78 is 13.0. The smallest absolute Gasteiger partial charge is 0.237 e. The van der Waals surface area contributed by atoms with E-state index in [4.69, 9.17) is 8.94 Å². The van der Waals surface area contributed by atoms with Crippen molar-refractivity contribution < 1.29 is 8.94 Å². The highest BCUT2D eigenvalue weighted by molar-refractivity contribution is 7.98. The van der Waals surface area contributed by atoms with Crippen molar-refractivity contribution in [2.24, 2.45) is 0 Å². The third-order valence-electron chi connectivity index (χ3n) is 4.56. The molecule has 0 bridgehead atoms. The van der Waals surface area contributed by atoms with Gasteiger partial charge in [0.05, 0.1) is 18.6 Å². The Bertz CT molecular complexity index is 851. The van der Waals surface area contributed by atoms with Crippen molar-refractivity contribution in [2.45, 2.75) is 56.5 Å². The summed E-state index contributed by atoms with van der Waals surface area (Å²) in [6.07, 6.45) is 5.35. The molecule has 1 saturated heterocycles. The lowest BCUT2D eigenvalue weighted by Crippen LogP contribution is -2.32. The molecule has 4 heterocycles. The van der Waals surface area contributed by atoms with Gasteiger partial charge in [-0.1, -0.05) is 30.8 Å². The first-order valence-corrected chi connectivity index (χ1v) is 10.3. The first-order valence-electron chi connectivity index (χ1n) is 9.36. The maximum absolute atomic E-state index is 5.55. The van der Waals surface area contributed by atoms with Crippen LogP contribution < -0.4 is 4.90 Å². The van der Waals surface area contributed by atoms with E-state index in [9.17, 15) is 0 Å². The molecule has 0 N–H and O–H groups in total. The summed E-state index contributed by atoms with van der Waals surface area (Å²) in [5.41, 5.74) is 0. The molecular formula is C18H24N6O2S. The summed E-state index contributed by atoms with van der Waals surface area (Å²) in [6, 6.07) is 3.88. The van der Waals surface area contributed by atoms with Gasteiger partial charge >= 0.3 is 0 Å². The highest BCUT2D eigenvalue weighted by atomic mass is 32.2. The molecule has 0 saturated carbocycles. The molecular weight excluding hydrogens is 364 g/mol. The molecule has 0 unspecified atom stereocenters. The van der Waals surface area contributed by atoms with Crippen molar-refractivity contribution in [3.8, 4) is 0 Å². The molecule has 1 aliphatic rings. The lowest BCUT2D eigenvalue weighted by molar-refractivity contribution is 0.382. The van der Waals surface area contributed by atoms with Gasteiger partial charge in [-0.15, -0.1) is 10.2 Å². The van der Waals surface area contributed by atoms with Crippen LogP contribution in [0, 0.1) is 0 Å². The van der Waals surface area contributed by atoms with E-state index in [1.165, 1.54) is 19.3 Å². The van der Waals surface area contributed by atoms with Gasteiger partial charge in [0.2, 0.25) is 11.8 Å². The van der Waals surface area contributed by atoms with E-state index in [0.717, 1.165) is 35.8 Å². The molecule has 1 aliphatic heterocycles. The fourth-order valence-electron chi connectivity index (χ4n) is 3.10. The number of hydrogen-bond acceptors (Lipinski definition) is 8. The molecule has 9 heteroatoms. The van der Waals surface area contributed by atoms with E-state index in [0.29, 0.717) is 18.2 Å². The maximum atomic E-state index is 5.55. The van der Waals surface area contributed by atoms with Crippen molar-refractivity contribution >= 4 is 17.7 Å². The van der Waals surface area contributed by atoms with E-state index >= 15 is 0 Å². The molecule has 0 spiro atoms. The Kier molecular flexibility index (Phi) is 5.47. The largest absolute Gasteiger partial charge is 0.467 e. The van der Waals surface area contributed by atoms with Gasteiger partial charge in [0, 0.05) is 19.0 Å². The Morgan fingerprint density at radius 3 is 2.74 bits per heavy atom. The van der Waals surface area contributed by atoms with E-state index < -0.39 is 0 Å². The van der Waals surface area contributed by atoms with Crippen LogP contribution in [0.4, 0.5) is 5.95 Å². The number of furan rings is 1. The average Bonchev–Trinajstić information content (AvgIpc) is 3.42. The van der Waals surface area contributed by atoms with Crippen LogP contribution in [0.15, 0.2) is 32.5 Å². The zero-order valence-electron chi connectivity index (χ0n) is 15.7. The van der Waals surface area contributed by atoms with Crippen LogP contribution in [-0.4, -0.2) is 38.0 Å². The second-order valence-electron chi connectivity index (χ2n) is 6.99. The van der Waals surface area contributed by atoms with Crippen LogP contribution in [0.1, 0.15) is 56.5 Å². The second kappa shape index (κ2) is 8.16. The summed E-state index contributed by atoms with van der Waals surface area (Å²) >= 11 is 1.56. The van der Waals surface area contributed by atoms with Crippen molar-refractivity contribution in [1.82, 2.24) is 24.9 Å². The minimum absolute atomic E-state index is 0.251. The van der Waals surface area contributed by atoms with Gasteiger partial charge in [0.15, 0.2) is 11.0 Å². The predicted octanol–water partition coefficient (Wildman–Crippen LogP) is 3.71. The number of piperidine rings is 1.